The summed E-state index contributed by atoms with van der Waals surface area (Å²) in [6.45, 7) is 4.82. The fraction of sp³-hybridized carbons (Fsp3) is 0.462. The lowest BCUT2D eigenvalue weighted by Crippen LogP contribution is -2.36. The van der Waals surface area contributed by atoms with E-state index in [0.717, 1.165) is 5.56 Å². The topological polar surface area (TPSA) is 41.1 Å². The third kappa shape index (κ3) is 3.66. The van der Waals surface area contributed by atoms with Crippen LogP contribution in [-0.4, -0.2) is 25.5 Å². The lowest BCUT2D eigenvalue weighted by Gasteiger charge is -2.18. The maximum atomic E-state index is 11.8. The van der Waals surface area contributed by atoms with Gasteiger partial charge in [-0.05, 0) is 5.56 Å². The van der Waals surface area contributed by atoms with Gasteiger partial charge in [-0.1, -0.05) is 44.2 Å². The first kappa shape index (κ1) is 12.7. The zero-order valence-corrected chi connectivity index (χ0v) is 10.2. The maximum absolute atomic E-state index is 11.8. The van der Waals surface area contributed by atoms with Gasteiger partial charge in [-0.2, -0.15) is 0 Å². The van der Waals surface area contributed by atoms with Crippen molar-refractivity contribution in [2.24, 2.45) is 0 Å². The number of nitrogens with one attached hydrogen (secondary N) is 2. The van der Waals surface area contributed by atoms with Gasteiger partial charge >= 0.3 is 0 Å². The fourth-order valence-electron chi connectivity index (χ4n) is 1.58. The van der Waals surface area contributed by atoms with Crippen molar-refractivity contribution >= 4 is 5.91 Å². The van der Waals surface area contributed by atoms with Crippen LogP contribution in [0.5, 0.6) is 0 Å². The van der Waals surface area contributed by atoms with Crippen molar-refractivity contribution in [3.63, 3.8) is 0 Å². The average molecular weight is 220 g/mol. The van der Waals surface area contributed by atoms with Gasteiger partial charge in [0.2, 0.25) is 5.91 Å². The van der Waals surface area contributed by atoms with Gasteiger partial charge in [0.05, 0.1) is 5.92 Å². The molecule has 0 aliphatic rings. The molecule has 0 aliphatic carbocycles. The van der Waals surface area contributed by atoms with E-state index in [2.05, 4.69) is 24.5 Å². The van der Waals surface area contributed by atoms with Crippen LogP contribution in [0.25, 0.3) is 0 Å². The smallest absolute Gasteiger partial charge is 0.228 e. The molecule has 0 heterocycles. The highest BCUT2D eigenvalue weighted by Gasteiger charge is 2.18. The largest absolute Gasteiger partial charge is 0.359 e. The molecular weight excluding hydrogens is 200 g/mol. The van der Waals surface area contributed by atoms with Crippen LogP contribution in [0, 0.1) is 0 Å². The molecule has 1 aromatic rings. The number of amides is 1. The molecule has 0 radical (unpaired) electrons. The SMILES string of the molecule is CNC(=O)C(CNC(C)C)c1ccccc1. The molecule has 3 nitrogen and oxygen atoms in total. The molecule has 1 amide bonds. The van der Waals surface area contributed by atoms with Crippen LogP contribution in [0.4, 0.5) is 0 Å². The Morgan fingerprint density at radius 2 is 1.88 bits per heavy atom. The Bertz CT molecular complexity index is 322. The Morgan fingerprint density at radius 3 is 2.38 bits per heavy atom. The van der Waals surface area contributed by atoms with Crippen molar-refractivity contribution in [2.45, 2.75) is 25.8 Å². The van der Waals surface area contributed by atoms with Crippen LogP contribution in [0.1, 0.15) is 25.3 Å². The van der Waals surface area contributed by atoms with Gasteiger partial charge in [-0.3, -0.25) is 4.79 Å². The minimum atomic E-state index is -0.117. The minimum absolute atomic E-state index is 0.0550. The second kappa shape index (κ2) is 6.28. The van der Waals surface area contributed by atoms with E-state index in [1.165, 1.54) is 0 Å². The lowest BCUT2D eigenvalue weighted by atomic mass is 9.98. The van der Waals surface area contributed by atoms with Crippen molar-refractivity contribution in [3.8, 4) is 0 Å². The highest BCUT2D eigenvalue weighted by atomic mass is 16.1. The first-order valence-corrected chi connectivity index (χ1v) is 5.65. The van der Waals surface area contributed by atoms with E-state index >= 15 is 0 Å². The highest BCUT2D eigenvalue weighted by Crippen LogP contribution is 2.14. The third-order valence-electron chi connectivity index (χ3n) is 2.50. The van der Waals surface area contributed by atoms with Crippen LogP contribution in [0.2, 0.25) is 0 Å². The first-order valence-electron chi connectivity index (χ1n) is 5.65. The van der Waals surface area contributed by atoms with Crippen LogP contribution in [0.15, 0.2) is 30.3 Å². The van der Waals surface area contributed by atoms with Crippen molar-refractivity contribution in [1.82, 2.24) is 10.6 Å². The molecule has 0 bridgehead atoms. The molecule has 0 saturated heterocycles. The van der Waals surface area contributed by atoms with Crippen LogP contribution in [-0.2, 0) is 4.79 Å². The lowest BCUT2D eigenvalue weighted by molar-refractivity contribution is -0.122. The van der Waals surface area contributed by atoms with Gasteiger partial charge in [0, 0.05) is 19.6 Å². The number of hydrogen-bond donors (Lipinski definition) is 2. The molecule has 88 valence electrons. The summed E-state index contributed by atoms with van der Waals surface area (Å²) in [6, 6.07) is 10.2. The van der Waals surface area contributed by atoms with Crippen molar-refractivity contribution < 1.29 is 4.79 Å². The molecule has 0 saturated carbocycles. The minimum Gasteiger partial charge on any atom is -0.359 e. The van der Waals surface area contributed by atoms with Gasteiger partial charge in [-0.15, -0.1) is 0 Å². The predicted molar refractivity (Wildman–Crippen MR) is 66.4 cm³/mol. The van der Waals surface area contributed by atoms with Crippen molar-refractivity contribution in [2.75, 3.05) is 13.6 Å². The first-order chi connectivity index (χ1) is 7.65. The van der Waals surface area contributed by atoms with E-state index in [4.69, 9.17) is 0 Å². The summed E-state index contributed by atoms with van der Waals surface area (Å²) in [5, 5.41) is 6.01. The molecule has 2 N–H and O–H groups in total. The summed E-state index contributed by atoms with van der Waals surface area (Å²) in [5.74, 6) is -0.0621. The van der Waals surface area contributed by atoms with E-state index in [1.807, 2.05) is 30.3 Å². The molecule has 1 atom stereocenters. The molecule has 1 aromatic carbocycles. The maximum Gasteiger partial charge on any atom is 0.228 e. The zero-order valence-electron chi connectivity index (χ0n) is 10.2. The molecule has 0 aromatic heterocycles. The van der Waals surface area contributed by atoms with E-state index in [-0.39, 0.29) is 11.8 Å². The number of likely N-dealkylation sites (N-methyl/N-ethyl adjacent to an activating group) is 1. The van der Waals surface area contributed by atoms with Gasteiger partial charge in [0.1, 0.15) is 0 Å². The fourth-order valence-corrected chi connectivity index (χ4v) is 1.58. The molecule has 3 heteroatoms. The molecular formula is C13H20N2O. The second-order valence-electron chi connectivity index (χ2n) is 4.14. The molecule has 0 spiro atoms. The number of carbonyl (C=O) groups excluding carboxylic acids is 1. The number of benzene rings is 1. The van der Waals surface area contributed by atoms with Gasteiger partial charge in [-0.25, -0.2) is 0 Å². The van der Waals surface area contributed by atoms with Gasteiger partial charge < -0.3 is 10.6 Å². The van der Waals surface area contributed by atoms with E-state index < -0.39 is 0 Å². The normalized spacial score (nSPS) is 12.5. The monoisotopic (exact) mass is 220 g/mol. The van der Waals surface area contributed by atoms with Crippen LogP contribution < -0.4 is 10.6 Å². The quantitative estimate of drug-likeness (QED) is 0.790. The standard InChI is InChI=1S/C13H20N2O/c1-10(2)15-9-12(13(16)14-3)11-7-5-4-6-8-11/h4-8,10,12,15H,9H2,1-3H3,(H,14,16). The summed E-state index contributed by atoms with van der Waals surface area (Å²) in [7, 11) is 1.67. The van der Waals surface area contributed by atoms with E-state index in [1.54, 1.807) is 7.05 Å². The Balaban J connectivity index is 2.76. The summed E-state index contributed by atoms with van der Waals surface area (Å²) >= 11 is 0. The van der Waals surface area contributed by atoms with Crippen LogP contribution >= 0.6 is 0 Å². The molecule has 16 heavy (non-hydrogen) atoms. The van der Waals surface area contributed by atoms with E-state index in [0.29, 0.717) is 12.6 Å². The molecule has 0 fully saturated rings. The molecule has 0 aliphatic heterocycles. The van der Waals surface area contributed by atoms with Crippen molar-refractivity contribution in [1.29, 1.82) is 0 Å². The summed E-state index contributed by atoms with van der Waals surface area (Å²) in [5.41, 5.74) is 1.05. The highest BCUT2D eigenvalue weighted by molar-refractivity contribution is 5.83. The van der Waals surface area contributed by atoms with Gasteiger partial charge in [0.25, 0.3) is 0 Å². The number of hydrogen-bond acceptors (Lipinski definition) is 2. The Hall–Kier alpha value is -1.35. The Labute approximate surface area is 97.2 Å². The molecule has 1 rings (SSSR count). The third-order valence-corrected chi connectivity index (χ3v) is 2.50. The summed E-state index contributed by atoms with van der Waals surface area (Å²) in [6.07, 6.45) is 0. The number of rotatable bonds is 5. The summed E-state index contributed by atoms with van der Waals surface area (Å²) in [4.78, 5) is 11.8. The Morgan fingerprint density at radius 1 is 1.25 bits per heavy atom. The average Bonchev–Trinajstić information content (AvgIpc) is 2.30. The zero-order chi connectivity index (χ0) is 12.0. The summed E-state index contributed by atoms with van der Waals surface area (Å²) < 4.78 is 0. The molecule has 1 unspecified atom stereocenters. The van der Waals surface area contributed by atoms with E-state index in [9.17, 15) is 4.79 Å². The van der Waals surface area contributed by atoms with Gasteiger partial charge in [0.15, 0.2) is 0 Å². The predicted octanol–water partition coefficient (Wildman–Crippen LogP) is 1.51. The number of carbonyl (C=O) groups is 1. The van der Waals surface area contributed by atoms with Crippen molar-refractivity contribution in [3.05, 3.63) is 35.9 Å². The second-order valence-corrected chi connectivity index (χ2v) is 4.14. The van der Waals surface area contributed by atoms with Crippen LogP contribution in [0.3, 0.4) is 0 Å². The Kier molecular flexibility index (Phi) is 4.99.